The Balaban J connectivity index is 1.24. The number of anilines is 1. The minimum atomic E-state index is -0.0962. The van der Waals surface area contributed by atoms with E-state index in [0.717, 1.165) is 43.3 Å². The Kier molecular flexibility index (Phi) is 4.53. The Morgan fingerprint density at radius 3 is 2.89 bits per heavy atom. The molecule has 7 nitrogen and oxygen atoms in total. The van der Waals surface area contributed by atoms with Gasteiger partial charge in [0.05, 0.1) is 31.3 Å². The van der Waals surface area contributed by atoms with Gasteiger partial charge in [-0.25, -0.2) is 9.97 Å². The summed E-state index contributed by atoms with van der Waals surface area (Å²) in [5.74, 6) is 0.457. The Labute approximate surface area is 162 Å². The molecule has 2 bridgehead atoms. The van der Waals surface area contributed by atoms with Crippen molar-refractivity contribution >= 4 is 34.6 Å². The standard InChI is InChI=1S/C19H23ClN4O3/c20-16-7-5-13-18(22-16)24(11-2-1-3-11)19(21-13)23-17(25)8-9-26-15-10-12-4-6-14(15)27-12/h5,7,11-12,14-15H,1-4,6,8-10H2,(H,21,23,25)/t12-,14+,15+/m0/s1. The first kappa shape index (κ1) is 17.4. The molecule has 4 heterocycles. The third-order valence-electron chi connectivity index (χ3n) is 5.91. The summed E-state index contributed by atoms with van der Waals surface area (Å²) < 4.78 is 13.7. The maximum absolute atomic E-state index is 12.4. The number of nitrogens with one attached hydrogen (secondary N) is 1. The van der Waals surface area contributed by atoms with Gasteiger partial charge in [-0.05, 0) is 44.2 Å². The molecule has 1 N–H and O–H groups in total. The van der Waals surface area contributed by atoms with E-state index in [9.17, 15) is 4.79 Å². The fraction of sp³-hybridized carbons (Fsp3) is 0.632. The first-order valence-corrected chi connectivity index (χ1v) is 10.2. The largest absolute Gasteiger partial charge is 0.375 e. The zero-order chi connectivity index (χ0) is 18.4. The minimum Gasteiger partial charge on any atom is -0.375 e. The summed E-state index contributed by atoms with van der Waals surface area (Å²) in [4.78, 5) is 21.4. The third kappa shape index (κ3) is 3.32. The lowest BCUT2D eigenvalue weighted by Crippen LogP contribution is -2.27. The van der Waals surface area contributed by atoms with Crippen molar-refractivity contribution in [1.29, 1.82) is 0 Å². The van der Waals surface area contributed by atoms with Gasteiger partial charge in [0, 0.05) is 12.5 Å². The molecule has 3 atom stereocenters. The molecule has 0 aromatic carbocycles. The van der Waals surface area contributed by atoms with E-state index < -0.39 is 0 Å². The lowest BCUT2D eigenvalue weighted by Gasteiger charge is -2.28. The van der Waals surface area contributed by atoms with Crippen LogP contribution in [0.3, 0.4) is 0 Å². The van der Waals surface area contributed by atoms with Crippen LogP contribution in [-0.2, 0) is 14.3 Å². The SMILES string of the molecule is O=C(CCO[C@@H]1C[C@@H]2CC[C@H]1O2)Nc1nc2ccc(Cl)nc2n1C1CCC1. The first-order valence-electron chi connectivity index (χ1n) is 9.79. The number of amides is 1. The molecule has 5 rings (SSSR count). The molecular formula is C19H23ClN4O3. The van der Waals surface area contributed by atoms with Crippen LogP contribution in [0, 0.1) is 0 Å². The number of carbonyl (C=O) groups is 1. The molecule has 3 fully saturated rings. The molecule has 8 heteroatoms. The van der Waals surface area contributed by atoms with Crippen molar-refractivity contribution in [2.24, 2.45) is 0 Å². The Bertz CT molecular complexity index is 866. The third-order valence-corrected chi connectivity index (χ3v) is 6.12. The minimum absolute atomic E-state index is 0.0962. The van der Waals surface area contributed by atoms with Crippen LogP contribution in [0.5, 0.6) is 0 Å². The van der Waals surface area contributed by atoms with E-state index in [1.165, 1.54) is 6.42 Å². The predicted octanol–water partition coefficient (Wildman–Crippen LogP) is 3.47. The van der Waals surface area contributed by atoms with Crippen molar-refractivity contribution in [3.8, 4) is 0 Å². The lowest BCUT2D eigenvalue weighted by molar-refractivity contribution is -0.118. The normalized spacial score (nSPS) is 27.2. The van der Waals surface area contributed by atoms with Crippen molar-refractivity contribution in [3.05, 3.63) is 17.3 Å². The van der Waals surface area contributed by atoms with Crippen molar-refractivity contribution in [3.63, 3.8) is 0 Å². The van der Waals surface area contributed by atoms with Gasteiger partial charge in [0.15, 0.2) is 5.65 Å². The molecule has 2 aliphatic heterocycles. The molecule has 1 amide bonds. The number of aromatic nitrogens is 3. The molecule has 2 aromatic heterocycles. The molecule has 144 valence electrons. The second kappa shape index (κ2) is 7.04. The molecule has 3 aliphatic rings. The predicted molar refractivity (Wildman–Crippen MR) is 101 cm³/mol. The van der Waals surface area contributed by atoms with Crippen LogP contribution < -0.4 is 5.32 Å². The smallest absolute Gasteiger partial charge is 0.229 e. The highest BCUT2D eigenvalue weighted by Gasteiger charge is 2.41. The second-order valence-electron chi connectivity index (χ2n) is 7.68. The van der Waals surface area contributed by atoms with E-state index in [4.69, 9.17) is 21.1 Å². The van der Waals surface area contributed by atoms with Gasteiger partial charge in [-0.15, -0.1) is 0 Å². The van der Waals surface area contributed by atoms with Gasteiger partial charge in [0.1, 0.15) is 10.7 Å². The van der Waals surface area contributed by atoms with Crippen molar-refractivity contribution in [2.75, 3.05) is 11.9 Å². The molecule has 27 heavy (non-hydrogen) atoms. The molecular weight excluding hydrogens is 368 g/mol. The highest BCUT2D eigenvalue weighted by molar-refractivity contribution is 6.29. The molecule has 1 aliphatic carbocycles. The number of fused-ring (bicyclic) bond motifs is 3. The first-order chi connectivity index (χ1) is 13.2. The van der Waals surface area contributed by atoms with Crippen LogP contribution in [0.15, 0.2) is 12.1 Å². The van der Waals surface area contributed by atoms with Gasteiger partial charge in [-0.3, -0.25) is 14.7 Å². The van der Waals surface area contributed by atoms with Crippen LogP contribution in [0.1, 0.15) is 51.0 Å². The van der Waals surface area contributed by atoms with E-state index in [0.29, 0.717) is 36.3 Å². The second-order valence-corrected chi connectivity index (χ2v) is 8.07. The quantitative estimate of drug-likeness (QED) is 0.764. The zero-order valence-corrected chi connectivity index (χ0v) is 15.8. The van der Waals surface area contributed by atoms with E-state index in [2.05, 4.69) is 15.3 Å². The Hall–Kier alpha value is -1.70. The number of halogens is 1. The van der Waals surface area contributed by atoms with E-state index >= 15 is 0 Å². The molecule has 0 radical (unpaired) electrons. The van der Waals surface area contributed by atoms with E-state index in [1.807, 2.05) is 10.6 Å². The molecule has 2 saturated heterocycles. The number of carbonyl (C=O) groups excluding carboxylic acids is 1. The van der Waals surface area contributed by atoms with Crippen molar-refractivity contribution in [1.82, 2.24) is 14.5 Å². The number of nitrogens with zero attached hydrogens (tertiary/aromatic N) is 3. The number of hydrogen-bond acceptors (Lipinski definition) is 5. The van der Waals surface area contributed by atoms with Gasteiger partial charge in [0.25, 0.3) is 0 Å². The van der Waals surface area contributed by atoms with E-state index in [1.54, 1.807) is 6.07 Å². The monoisotopic (exact) mass is 390 g/mol. The van der Waals surface area contributed by atoms with E-state index in [-0.39, 0.29) is 18.1 Å². The summed E-state index contributed by atoms with van der Waals surface area (Å²) in [5, 5.41) is 3.38. The Morgan fingerprint density at radius 2 is 2.19 bits per heavy atom. The average Bonchev–Trinajstić information content (AvgIpc) is 3.29. The number of ether oxygens (including phenoxy) is 2. The topological polar surface area (TPSA) is 78.3 Å². The van der Waals surface area contributed by atoms with Crippen molar-refractivity contribution < 1.29 is 14.3 Å². The average molecular weight is 391 g/mol. The molecule has 1 saturated carbocycles. The fourth-order valence-corrected chi connectivity index (χ4v) is 4.43. The highest BCUT2D eigenvalue weighted by atomic mass is 35.5. The van der Waals surface area contributed by atoms with Crippen molar-refractivity contribution in [2.45, 2.75) is 69.3 Å². The maximum Gasteiger partial charge on any atom is 0.229 e. The number of hydrogen-bond donors (Lipinski definition) is 1. The summed E-state index contributed by atoms with van der Waals surface area (Å²) in [5.41, 5.74) is 1.48. The molecule has 2 aromatic rings. The summed E-state index contributed by atoms with van der Waals surface area (Å²) in [7, 11) is 0. The number of rotatable bonds is 6. The molecule has 0 unspecified atom stereocenters. The van der Waals surface area contributed by atoms with Crippen LogP contribution in [0.25, 0.3) is 11.2 Å². The Morgan fingerprint density at radius 1 is 1.30 bits per heavy atom. The highest BCUT2D eigenvalue weighted by Crippen LogP contribution is 2.37. The fourth-order valence-electron chi connectivity index (χ4n) is 4.29. The number of imidazole rings is 1. The van der Waals surface area contributed by atoms with Gasteiger partial charge in [0.2, 0.25) is 11.9 Å². The summed E-state index contributed by atoms with van der Waals surface area (Å²) in [6.07, 6.45) is 7.49. The maximum atomic E-state index is 12.4. The zero-order valence-electron chi connectivity index (χ0n) is 15.1. The lowest BCUT2D eigenvalue weighted by atomic mass is 9.93. The van der Waals surface area contributed by atoms with Gasteiger partial charge in [-0.2, -0.15) is 0 Å². The van der Waals surface area contributed by atoms with Gasteiger partial charge < -0.3 is 9.47 Å². The van der Waals surface area contributed by atoms with Crippen LogP contribution >= 0.6 is 11.6 Å². The van der Waals surface area contributed by atoms with Crippen LogP contribution in [-0.4, -0.2) is 45.4 Å². The number of pyridine rings is 1. The van der Waals surface area contributed by atoms with Crippen LogP contribution in [0.2, 0.25) is 5.15 Å². The van der Waals surface area contributed by atoms with Gasteiger partial charge in [-0.1, -0.05) is 11.6 Å². The summed E-state index contributed by atoms with van der Waals surface area (Å²) in [6.45, 7) is 0.400. The van der Waals surface area contributed by atoms with Crippen LogP contribution in [0.4, 0.5) is 5.95 Å². The van der Waals surface area contributed by atoms with Gasteiger partial charge >= 0.3 is 0 Å². The molecule has 0 spiro atoms. The summed E-state index contributed by atoms with van der Waals surface area (Å²) in [6, 6.07) is 3.88. The summed E-state index contributed by atoms with van der Waals surface area (Å²) >= 11 is 6.06.